The van der Waals surface area contributed by atoms with E-state index in [9.17, 15) is 4.79 Å². The molecule has 0 bridgehead atoms. The Morgan fingerprint density at radius 2 is 1.96 bits per heavy atom. The van der Waals surface area contributed by atoms with Gasteiger partial charge in [0.15, 0.2) is 0 Å². The predicted octanol–water partition coefficient (Wildman–Crippen LogP) is 4.28. The zero-order valence-electron chi connectivity index (χ0n) is 13.3. The summed E-state index contributed by atoms with van der Waals surface area (Å²) in [5.74, 6) is 0.545. The van der Waals surface area contributed by atoms with Gasteiger partial charge >= 0.3 is 5.97 Å². The van der Waals surface area contributed by atoms with E-state index in [1.165, 1.54) is 0 Å². The molecule has 2 heterocycles. The highest BCUT2D eigenvalue weighted by Gasteiger charge is 2.21. The van der Waals surface area contributed by atoms with E-state index in [2.05, 4.69) is 4.57 Å². The van der Waals surface area contributed by atoms with Crippen LogP contribution in [0.3, 0.4) is 0 Å². The van der Waals surface area contributed by atoms with E-state index < -0.39 is 0 Å². The van der Waals surface area contributed by atoms with E-state index in [-0.39, 0.29) is 5.97 Å². The number of hydrogen-bond donors (Lipinski definition) is 0. The van der Waals surface area contributed by atoms with Gasteiger partial charge in [-0.05, 0) is 37.6 Å². The van der Waals surface area contributed by atoms with Gasteiger partial charge in [0.2, 0.25) is 0 Å². The Morgan fingerprint density at radius 3 is 2.61 bits per heavy atom. The van der Waals surface area contributed by atoms with Crippen LogP contribution in [-0.2, 0) is 11.3 Å². The molecular weight excluding hydrogens is 290 g/mol. The van der Waals surface area contributed by atoms with Crippen LogP contribution < -0.4 is 0 Å². The highest BCUT2D eigenvalue weighted by Crippen LogP contribution is 2.29. The number of esters is 1. The van der Waals surface area contributed by atoms with E-state index in [0.29, 0.717) is 18.7 Å². The van der Waals surface area contributed by atoms with Gasteiger partial charge in [-0.25, -0.2) is 4.79 Å². The molecule has 3 aromatic rings. The lowest BCUT2D eigenvalue weighted by molar-refractivity contribution is 0.0527. The summed E-state index contributed by atoms with van der Waals surface area (Å²) >= 11 is 0. The number of carbonyl (C=O) groups excluding carboxylic acids is 1. The van der Waals surface area contributed by atoms with Gasteiger partial charge in [-0.1, -0.05) is 30.3 Å². The van der Waals surface area contributed by atoms with Crippen LogP contribution in [0.1, 0.15) is 28.7 Å². The quantitative estimate of drug-likeness (QED) is 0.661. The molecule has 0 spiro atoms. The van der Waals surface area contributed by atoms with Gasteiger partial charge in [0.25, 0.3) is 0 Å². The summed E-state index contributed by atoms with van der Waals surface area (Å²) in [5.41, 5.74) is 3.42. The SMILES string of the molecule is CCOC(=O)c1cc(C)n(Cc2ccco2)c1-c1ccccc1. The number of benzene rings is 1. The van der Waals surface area contributed by atoms with Crippen molar-refractivity contribution in [1.29, 1.82) is 0 Å². The number of ether oxygens (including phenoxy) is 1. The molecule has 0 aliphatic carbocycles. The molecule has 0 fully saturated rings. The van der Waals surface area contributed by atoms with Crippen LogP contribution in [0.5, 0.6) is 0 Å². The lowest BCUT2D eigenvalue weighted by Gasteiger charge is -2.12. The molecule has 0 N–H and O–H groups in total. The fourth-order valence-corrected chi connectivity index (χ4v) is 2.71. The fourth-order valence-electron chi connectivity index (χ4n) is 2.71. The molecule has 0 unspecified atom stereocenters. The summed E-state index contributed by atoms with van der Waals surface area (Å²) in [5, 5.41) is 0. The van der Waals surface area contributed by atoms with Crippen molar-refractivity contribution in [2.45, 2.75) is 20.4 Å². The van der Waals surface area contributed by atoms with Crippen molar-refractivity contribution >= 4 is 5.97 Å². The summed E-state index contributed by atoms with van der Waals surface area (Å²) in [4.78, 5) is 12.3. The molecule has 4 heteroatoms. The topological polar surface area (TPSA) is 44.4 Å². The summed E-state index contributed by atoms with van der Waals surface area (Å²) < 4.78 is 12.8. The van der Waals surface area contributed by atoms with E-state index in [0.717, 1.165) is 22.7 Å². The number of carbonyl (C=O) groups is 1. The van der Waals surface area contributed by atoms with Crippen molar-refractivity contribution in [1.82, 2.24) is 4.57 Å². The van der Waals surface area contributed by atoms with Crippen molar-refractivity contribution in [2.75, 3.05) is 6.61 Å². The first kappa shape index (κ1) is 15.2. The molecule has 0 saturated carbocycles. The van der Waals surface area contributed by atoms with Crippen LogP contribution in [0, 0.1) is 6.92 Å². The average Bonchev–Trinajstić information content (AvgIpc) is 3.18. The normalized spacial score (nSPS) is 10.7. The van der Waals surface area contributed by atoms with E-state index >= 15 is 0 Å². The van der Waals surface area contributed by atoms with Crippen LogP contribution in [0.4, 0.5) is 0 Å². The van der Waals surface area contributed by atoms with Crippen molar-refractivity contribution < 1.29 is 13.9 Å². The third-order valence-electron chi connectivity index (χ3n) is 3.74. The third kappa shape index (κ3) is 3.06. The van der Waals surface area contributed by atoms with Crippen LogP contribution >= 0.6 is 0 Å². The maximum absolute atomic E-state index is 12.3. The third-order valence-corrected chi connectivity index (χ3v) is 3.74. The molecule has 0 radical (unpaired) electrons. The molecule has 0 aliphatic heterocycles. The summed E-state index contributed by atoms with van der Waals surface area (Å²) in [6.07, 6.45) is 1.66. The number of aromatic nitrogens is 1. The largest absolute Gasteiger partial charge is 0.467 e. The minimum absolute atomic E-state index is 0.298. The van der Waals surface area contributed by atoms with Gasteiger partial charge in [-0.3, -0.25) is 0 Å². The monoisotopic (exact) mass is 309 g/mol. The van der Waals surface area contributed by atoms with Gasteiger partial charge in [0.05, 0.1) is 30.7 Å². The Kier molecular flexibility index (Phi) is 4.33. The smallest absolute Gasteiger partial charge is 0.340 e. The second-order valence-corrected chi connectivity index (χ2v) is 5.30. The first-order valence-corrected chi connectivity index (χ1v) is 7.65. The standard InChI is InChI=1S/C19H19NO3/c1-3-22-19(21)17-12-14(2)20(13-16-10-7-11-23-16)18(17)15-8-5-4-6-9-15/h4-12H,3,13H2,1-2H3. The molecule has 0 saturated heterocycles. The second kappa shape index (κ2) is 6.57. The van der Waals surface area contributed by atoms with Crippen molar-refractivity contribution in [3.05, 3.63) is 71.8 Å². The van der Waals surface area contributed by atoms with Gasteiger partial charge < -0.3 is 13.7 Å². The zero-order chi connectivity index (χ0) is 16.2. The molecule has 118 valence electrons. The number of aryl methyl sites for hydroxylation is 1. The highest BCUT2D eigenvalue weighted by atomic mass is 16.5. The van der Waals surface area contributed by atoms with Gasteiger partial charge in [-0.2, -0.15) is 0 Å². The summed E-state index contributed by atoms with van der Waals surface area (Å²) in [7, 11) is 0. The van der Waals surface area contributed by atoms with Crippen LogP contribution in [0.2, 0.25) is 0 Å². The van der Waals surface area contributed by atoms with Gasteiger partial charge in [0, 0.05) is 5.69 Å². The minimum Gasteiger partial charge on any atom is -0.467 e. The Hall–Kier alpha value is -2.75. The Labute approximate surface area is 135 Å². The highest BCUT2D eigenvalue weighted by molar-refractivity contribution is 5.97. The Bertz CT molecular complexity index is 786. The van der Waals surface area contributed by atoms with E-state index in [1.54, 1.807) is 6.26 Å². The predicted molar refractivity (Wildman–Crippen MR) is 88.4 cm³/mol. The fraction of sp³-hybridized carbons (Fsp3) is 0.211. The number of furan rings is 1. The Morgan fingerprint density at radius 1 is 1.17 bits per heavy atom. The first-order chi connectivity index (χ1) is 11.2. The maximum atomic E-state index is 12.3. The number of rotatable bonds is 5. The lowest BCUT2D eigenvalue weighted by atomic mass is 10.1. The number of nitrogens with zero attached hydrogens (tertiary/aromatic N) is 1. The molecule has 2 aromatic heterocycles. The molecule has 3 rings (SSSR count). The molecule has 4 nitrogen and oxygen atoms in total. The first-order valence-electron chi connectivity index (χ1n) is 7.65. The van der Waals surface area contributed by atoms with Crippen molar-refractivity contribution in [3.63, 3.8) is 0 Å². The lowest BCUT2D eigenvalue weighted by Crippen LogP contribution is -2.08. The summed E-state index contributed by atoms with van der Waals surface area (Å²) in [6, 6.07) is 15.5. The van der Waals surface area contributed by atoms with Crippen LogP contribution in [0.15, 0.2) is 59.2 Å². The number of hydrogen-bond acceptors (Lipinski definition) is 3. The van der Waals surface area contributed by atoms with Crippen LogP contribution in [0.25, 0.3) is 11.3 Å². The molecular formula is C19H19NO3. The minimum atomic E-state index is -0.298. The van der Waals surface area contributed by atoms with E-state index in [4.69, 9.17) is 9.15 Å². The Balaban J connectivity index is 2.12. The van der Waals surface area contributed by atoms with Crippen molar-refractivity contribution in [3.8, 4) is 11.3 Å². The zero-order valence-corrected chi connectivity index (χ0v) is 13.3. The summed E-state index contributed by atoms with van der Waals surface area (Å²) in [6.45, 7) is 4.73. The van der Waals surface area contributed by atoms with E-state index in [1.807, 2.05) is 62.4 Å². The maximum Gasteiger partial charge on any atom is 0.340 e. The molecule has 0 atom stereocenters. The molecule has 1 aromatic carbocycles. The van der Waals surface area contributed by atoms with Gasteiger partial charge in [0.1, 0.15) is 5.76 Å². The molecule has 23 heavy (non-hydrogen) atoms. The second-order valence-electron chi connectivity index (χ2n) is 5.30. The average molecular weight is 309 g/mol. The molecule has 0 amide bonds. The molecule has 0 aliphatic rings. The van der Waals surface area contributed by atoms with Crippen molar-refractivity contribution in [2.24, 2.45) is 0 Å². The van der Waals surface area contributed by atoms with Gasteiger partial charge in [-0.15, -0.1) is 0 Å². The van der Waals surface area contributed by atoms with Crippen LogP contribution in [-0.4, -0.2) is 17.1 Å².